The highest BCUT2D eigenvalue weighted by Gasteiger charge is 2.46. The van der Waals surface area contributed by atoms with Crippen LogP contribution in [0.25, 0.3) is 22.3 Å². The third kappa shape index (κ3) is 2.50. The topological polar surface area (TPSA) is 111 Å². The van der Waals surface area contributed by atoms with E-state index in [0.717, 1.165) is 22.1 Å². The molecule has 0 fully saturated rings. The average molecular weight is 463 g/mol. The first kappa shape index (κ1) is 21.0. The first-order chi connectivity index (χ1) is 16.2. The van der Waals surface area contributed by atoms with Gasteiger partial charge >= 0.3 is 5.97 Å². The van der Waals surface area contributed by atoms with Crippen molar-refractivity contribution in [1.29, 1.82) is 0 Å². The summed E-state index contributed by atoms with van der Waals surface area (Å²) in [7, 11) is 0. The van der Waals surface area contributed by atoms with E-state index in [1.165, 1.54) is 13.0 Å². The number of rotatable bonds is 2. The van der Waals surface area contributed by atoms with Crippen LogP contribution < -0.4 is 10.9 Å². The molecule has 3 aliphatic rings. The minimum Gasteiger partial charge on any atom is -0.458 e. The minimum absolute atomic E-state index is 0.0451. The van der Waals surface area contributed by atoms with E-state index in [-0.39, 0.29) is 54.0 Å². The minimum atomic E-state index is -1.92. The van der Waals surface area contributed by atoms with E-state index in [2.05, 4.69) is 5.32 Å². The number of esters is 1. The monoisotopic (exact) mass is 463 g/mol. The largest absolute Gasteiger partial charge is 0.458 e. The lowest BCUT2D eigenvalue weighted by Crippen LogP contribution is -2.44. The second-order valence-corrected chi connectivity index (χ2v) is 9.27. The molecular weight excluding hydrogens is 441 g/mol. The Morgan fingerprint density at radius 2 is 2.09 bits per heavy atom. The van der Waals surface area contributed by atoms with Crippen LogP contribution in [0.15, 0.2) is 16.9 Å². The second kappa shape index (κ2) is 6.73. The number of pyridine rings is 2. The molecule has 8 nitrogen and oxygen atoms in total. The predicted molar refractivity (Wildman–Crippen MR) is 119 cm³/mol. The summed E-state index contributed by atoms with van der Waals surface area (Å²) in [6.07, 6.45) is 0.482. The SMILES string of the molecule is CC[C@@]1(O)C(=O)OCc2c1cc1n(c2=O)Cc2c-1nc1cc(F)c(C)c3c1c2[C@@H](NC(C)=O)C3. The Bertz CT molecular complexity index is 1540. The van der Waals surface area contributed by atoms with E-state index in [0.29, 0.717) is 28.9 Å². The summed E-state index contributed by atoms with van der Waals surface area (Å²) in [6.45, 7) is 4.81. The summed E-state index contributed by atoms with van der Waals surface area (Å²) in [5.74, 6) is -1.38. The van der Waals surface area contributed by atoms with E-state index >= 15 is 0 Å². The van der Waals surface area contributed by atoms with E-state index in [1.54, 1.807) is 24.5 Å². The molecule has 0 radical (unpaired) electrons. The van der Waals surface area contributed by atoms with Crippen LogP contribution in [0.4, 0.5) is 4.39 Å². The molecule has 6 rings (SSSR count). The van der Waals surface area contributed by atoms with Crippen LogP contribution in [0, 0.1) is 12.7 Å². The fourth-order valence-electron chi connectivity index (χ4n) is 5.74. The summed E-state index contributed by atoms with van der Waals surface area (Å²) in [5.41, 5.74) is 2.52. The van der Waals surface area contributed by atoms with Gasteiger partial charge in [0.1, 0.15) is 12.4 Å². The van der Waals surface area contributed by atoms with Crippen molar-refractivity contribution in [2.45, 2.75) is 58.4 Å². The van der Waals surface area contributed by atoms with Crippen LogP contribution in [0.3, 0.4) is 0 Å². The second-order valence-electron chi connectivity index (χ2n) is 9.27. The van der Waals surface area contributed by atoms with Crippen LogP contribution in [0.2, 0.25) is 0 Å². The van der Waals surface area contributed by atoms with Gasteiger partial charge in [-0.2, -0.15) is 0 Å². The van der Waals surface area contributed by atoms with Crippen LogP contribution in [-0.4, -0.2) is 26.5 Å². The Kier molecular flexibility index (Phi) is 4.15. The highest BCUT2D eigenvalue weighted by molar-refractivity contribution is 5.95. The molecule has 9 heteroatoms. The highest BCUT2D eigenvalue weighted by atomic mass is 19.1. The summed E-state index contributed by atoms with van der Waals surface area (Å²) in [5, 5.41) is 14.8. The number of amides is 1. The summed E-state index contributed by atoms with van der Waals surface area (Å²) in [6, 6.07) is 2.64. The number of carbonyl (C=O) groups excluding carboxylic acids is 2. The number of ether oxygens (including phenoxy) is 1. The van der Waals surface area contributed by atoms with Crippen molar-refractivity contribution < 1.29 is 23.8 Å². The number of halogens is 1. The fourth-order valence-corrected chi connectivity index (χ4v) is 5.74. The lowest BCUT2D eigenvalue weighted by molar-refractivity contribution is -0.172. The number of nitrogens with zero attached hydrogens (tertiary/aromatic N) is 2. The van der Waals surface area contributed by atoms with Gasteiger partial charge in [0.25, 0.3) is 5.56 Å². The van der Waals surface area contributed by atoms with Crippen molar-refractivity contribution in [3.05, 3.63) is 61.7 Å². The Morgan fingerprint density at radius 3 is 2.79 bits per heavy atom. The number of hydrogen-bond donors (Lipinski definition) is 2. The zero-order valence-electron chi connectivity index (χ0n) is 18.9. The molecule has 1 aromatic carbocycles. The third-order valence-electron chi connectivity index (χ3n) is 7.48. The number of aromatic nitrogens is 2. The molecule has 0 unspecified atom stereocenters. The van der Waals surface area contributed by atoms with Gasteiger partial charge in [-0.05, 0) is 42.5 Å². The zero-order chi connectivity index (χ0) is 24.1. The first-order valence-corrected chi connectivity index (χ1v) is 11.2. The van der Waals surface area contributed by atoms with E-state index < -0.39 is 11.6 Å². The van der Waals surface area contributed by atoms with Crippen LogP contribution in [0.1, 0.15) is 59.7 Å². The van der Waals surface area contributed by atoms with Crippen molar-refractivity contribution in [3.63, 3.8) is 0 Å². The standard InChI is InChI=1S/C25H22FN3O5/c1-4-25(33)15-6-19-22-13(8-29(19)23(31)14(15)9-34-24(25)32)21-17(27-11(3)30)5-12-10(2)16(26)7-18(28-22)20(12)21/h6-7,17,33H,4-5,8-9H2,1-3H3,(H,27,30)/t17-,25-/m0/s1. The van der Waals surface area contributed by atoms with Gasteiger partial charge in [-0.25, -0.2) is 14.2 Å². The molecule has 2 N–H and O–H groups in total. The lowest BCUT2D eigenvalue weighted by atomic mass is 9.86. The Labute approximate surface area is 193 Å². The Balaban J connectivity index is 1.67. The summed E-state index contributed by atoms with van der Waals surface area (Å²) < 4.78 is 21.4. The first-order valence-electron chi connectivity index (χ1n) is 11.2. The molecule has 174 valence electrons. The number of fused-ring (bicyclic) bond motifs is 5. The Hall–Kier alpha value is -3.59. The molecule has 1 aliphatic carbocycles. The molecule has 34 heavy (non-hydrogen) atoms. The number of cyclic esters (lactones) is 1. The van der Waals surface area contributed by atoms with Gasteiger partial charge in [-0.3, -0.25) is 9.59 Å². The highest BCUT2D eigenvalue weighted by Crippen LogP contribution is 2.46. The van der Waals surface area contributed by atoms with Gasteiger partial charge in [0.2, 0.25) is 5.91 Å². The molecular formula is C25H22FN3O5. The molecule has 2 aromatic heterocycles. The van der Waals surface area contributed by atoms with Gasteiger partial charge in [-0.15, -0.1) is 0 Å². The van der Waals surface area contributed by atoms with Crippen LogP contribution in [-0.2, 0) is 39.5 Å². The van der Waals surface area contributed by atoms with E-state index in [9.17, 15) is 23.9 Å². The van der Waals surface area contributed by atoms with Gasteiger partial charge in [0.05, 0.1) is 35.1 Å². The maximum atomic E-state index is 14.8. The molecule has 0 saturated heterocycles. The van der Waals surface area contributed by atoms with Crippen LogP contribution in [0.5, 0.6) is 0 Å². The zero-order valence-corrected chi connectivity index (χ0v) is 18.9. The fraction of sp³-hybridized carbons (Fsp3) is 0.360. The molecule has 2 atom stereocenters. The molecule has 0 saturated carbocycles. The predicted octanol–water partition coefficient (Wildman–Crippen LogP) is 2.26. The molecule has 0 bridgehead atoms. The van der Waals surface area contributed by atoms with Gasteiger partial charge in [-0.1, -0.05) is 6.92 Å². The van der Waals surface area contributed by atoms with Crippen molar-refractivity contribution >= 4 is 22.8 Å². The maximum Gasteiger partial charge on any atom is 0.343 e. The molecule has 3 aromatic rings. The molecule has 4 heterocycles. The molecule has 0 spiro atoms. The normalized spacial score (nSPS) is 21.8. The maximum absolute atomic E-state index is 14.8. The molecule has 2 aliphatic heterocycles. The lowest BCUT2D eigenvalue weighted by Gasteiger charge is -2.31. The molecule has 1 amide bonds. The van der Waals surface area contributed by atoms with Crippen molar-refractivity contribution in [2.75, 3.05) is 0 Å². The number of benzene rings is 1. The summed E-state index contributed by atoms with van der Waals surface area (Å²) in [4.78, 5) is 42.6. The van der Waals surface area contributed by atoms with Crippen molar-refractivity contribution in [2.24, 2.45) is 0 Å². The number of hydrogen-bond acceptors (Lipinski definition) is 6. The number of aliphatic hydroxyl groups is 1. The Morgan fingerprint density at radius 1 is 1.32 bits per heavy atom. The summed E-state index contributed by atoms with van der Waals surface area (Å²) >= 11 is 0. The van der Waals surface area contributed by atoms with E-state index in [4.69, 9.17) is 9.72 Å². The quantitative estimate of drug-likeness (QED) is 0.441. The van der Waals surface area contributed by atoms with Gasteiger partial charge < -0.3 is 19.7 Å². The third-order valence-corrected chi connectivity index (χ3v) is 7.48. The number of nitrogens with one attached hydrogen (secondary N) is 1. The van der Waals surface area contributed by atoms with Gasteiger partial charge in [0.15, 0.2) is 5.60 Å². The van der Waals surface area contributed by atoms with Crippen molar-refractivity contribution in [1.82, 2.24) is 14.9 Å². The number of carbonyl (C=O) groups is 2. The average Bonchev–Trinajstić information content (AvgIpc) is 3.34. The smallest absolute Gasteiger partial charge is 0.343 e. The van der Waals surface area contributed by atoms with Gasteiger partial charge in [0, 0.05) is 29.5 Å². The van der Waals surface area contributed by atoms with Crippen LogP contribution >= 0.6 is 0 Å². The van der Waals surface area contributed by atoms with Crippen molar-refractivity contribution in [3.8, 4) is 11.4 Å². The van der Waals surface area contributed by atoms with E-state index in [1.807, 2.05) is 0 Å².